The fourth-order valence-electron chi connectivity index (χ4n) is 3.18. The minimum atomic E-state index is -1.51. The van der Waals surface area contributed by atoms with E-state index in [1.54, 1.807) is 24.3 Å². The standard InChI is InChI=1S/C22H26O9/c1-28-18(24)12-29-15-8-6-13(7-9-15)10-14-4-2-3-5-16(14)30-22-21(27)20(26)19(25)17(11-23)31-22/h2-9,17,19-23,25-27H,10-12H2,1H3/t17-,19-,20+,21-,22-/m1/s1. The Morgan fingerprint density at radius 3 is 2.39 bits per heavy atom. The van der Waals surface area contributed by atoms with Crippen LogP contribution in [0.1, 0.15) is 11.1 Å². The second kappa shape index (κ2) is 10.6. The summed E-state index contributed by atoms with van der Waals surface area (Å²) in [5.41, 5.74) is 1.73. The highest BCUT2D eigenvalue weighted by molar-refractivity contribution is 5.70. The summed E-state index contributed by atoms with van der Waals surface area (Å²) < 4.78 is 21.1. The van der Waals surface area contributed by atoms with Gasteiger partial charge in [0, 0.05) is 6.42 Å². The highest BCUT2D eigenvalue weighted by atomic mass is 16.7. The number of methoxy groups -OCH3 is 1. The number of aliphatic hydroxyl groups excluding tert-OH is 4. The van der Waals surface area contributed by atoms with Gasteiger partial charge in [-0.05, 0) is 29.3 Å². The summed E-state index contributed by atoms with van der Waals surface area (Å²) in [7, 11) is 1.29. The van der Waals surface area contributed by atoms with Gasteiger partial charge in [0.25, 0.3) is 0 Å². The van der Waals surface area contributed by atoms with Crippen LogP contribution < -0.4 is 9.47 Å². The van der Waals surface area contributed by atoms with Gasteiger partial charge in [-0.2, -0.15) is 0 Å². The normalized spacial score (nSPS) is 25.6. The van der Waals surface area contributed by atoms with Gasteiger partial charge in [0.05, 0.1) is 13.7 Å². The third-order valence-electron chi connectivity index (χ3n) is 4.97. The van der Waals surface area contributed by atoms with E-state index in [1.165, 1.54) is 7.11 Å². The molecule has 168 valence electrons. The molecule has 1 aliphatic heterocycles. The van der Waals surface area contributed by atoms with Crippen molar-refractivity contribution in [3.8, 4) is 11.5 Å². The molecule has 0 radical (unpaired) electrons. The summed E-state index contributed by atoms with van der Waals surface area (Å²) in [5, 5.41) is 39.4. The molecule has 0 amide bonds. The first-order chi connectivity index (χ1) is 14.9. The van der Waals surface area contributed by atoms with Crippen LogP contribution in [0.25, 0.3) is 0 Å². The molecule has 0 saturated carbocycles. The second-order valence-electron chi connectivity index (χ2n) is 7.11. The Morgan fingerprint density at radius 1 is 1.00 bits per heavy atom. The number of benzene rings is 2. The lowest BCUT2D eigenvalue weighted by Gasteiger charge is -2.39. The quantitative estimate of drug-likeness (QED) is 0.424. The summed E-state index contributed by atoms with van der Waals surface area (Å²) in [6.45, 7) is -0.706. The van der Waals surface area contributed by atoms with Crippen molar-refractivity contribution in [3.63, 3.8) is 0 Å². The number of hydrogen-bond donors (Lipinski definition) is 4. The molecule has 0 unspecified atom stereocenters. The topological polar surface area (TPSA) is 135 Å². The summed E-state index contributed by atoms with van der Waals surface area (Å²) >= 11 is 0. The average Bonchev–Trinajstić information content (AvgIpc) is 2.79. The van der Waals surface area contributed by atoms with Crippen molar-refractivity contribution in [3.05, 3.63) is 59.7 Å². The van der Waals surface area contributed by atoms with Gasteiger partial charge in [-0.1, -0.05) is 30.3 Å². The number of hydrogen-bond acceptors (Lipinski definition) is 9. The van der Waals surface area contributed by atoms with Crippen LogP contribution in [0.3, 0.4) is 0 Å². The molecule has 0 aromatic heterocycles. The maximum absolute atomic E-state index is 11.2. The highest BCUT2D eigenvalue weighted by Gasteiger charge is 2.44. The zero-order valence-corrected chi connectivity index (χ0v) is 17.0. The van der Waals surface area contributed by atoms with Crippen LogP contribution in [-0.2, 0) is 20.7 Å². The van der Waals surface area contributed by atoms with Crippen molar-refractivity contribution in [1.82, 2.24) is 0 Å². The van der Waals surface area contributed by atoms with E-state index < -0.39 is 43.3 Å². The van der Waals surface area contributed by atoms with Crippen LogP contribution in [0.15, 0.2) is 48.5 Å². The molecule has 1 aliphatic rings. The molecular formula is C22H26O9. The fraction of sp³-hybridized carbons (Fsp3) is 0.409. The van der Waals surface area contributed by atoms with Crippen molar-refractivity contribution in [1.29, 1.82) is 0 Å². The largest absolute Gasteiger partial charge is 0.482 e. The Hall–Kier alpha value is -2.69. The van der Waals surface area contributed by atoms with Crippen molar-refractivity contribution in [2.45, 2.75) is 37.1 Å². The molecule has 0 aliphatic carbocycles. The predicted molar refractivity (Wildman–Crippen MR) is 108 cm³/mol. The highest BCUT2D eigenvalue weighted by Crippen LogP contribution is 2.28. The molecule has 9 heteroatoms. The summed E-state index contributed by atoms with van der Waals surface area (Å²) in [4.78, 5) is 11.2. The van der Waals surface area contributed by atoms with Gasteiger partial charge in [-0.15, -0.1) is 0 Å². The molecule has 1 saturated heterocycles. The lowest BCUT2D eigenvalue weighted by Crippen LogP contribution is -2.60. The van der Waals surface area contributed by atoms with E-state index in [9.17, 15) is 25.2 Å². The molecule has 31 heavy (non-hydrogen) atoms. The van der Waals surface area contributed by atoms with E-state index >= 15 is 0 Å². The fourth-order valence-corrected chi connectivity index (χ4v) is 3.18. The van der Waals surface area contributed by atoms with Crippen LogP contribution in [0.2, 0.25) is 0 Å². The third-order valence-corrected chi connectivity index (χ3v) is 4.97. The Labute approximate surface area is 179 Å². The van der Waals surface area contributed by atoms with Gasteiger partial charge < -0.3 is 39.4 Å². The molecule has 5 atom stereocenters. The predicted octanol–water partition coefficient (Wildman–Crippen LogP) is 0.00790. The van der Waals surface area contributed by atoms with Crippen molar-refractivity contribution >= 4 is 5.97 Å². The van der Waals surface area contributed by atoms with Crippen molar-refractivity contribution in [2.75, 3.05) is 20.3 Å². The van der Waals surface area contributed by atoms with E-state index in [-0.39, 0.29) is 6.61 Å². The average molecular weight is 434 g/mol. The van der Waals surface area contributed by atoms with Crippen molar-refractivity contribution < 1.29 is 44.2 Å². The number of para-hydroxylation sites is 1. The van der Waals surface area contributed by atoms with Gasteiger partial charge in [0.15, 0.2) is 6.61 Å². The second-order valence-corrected chi connectivity index (χ2v) is 7.11. The monoisotopic (exact) mass is 434 g/mol. The molecule has 1 heterocycles. The smallest absolute Gasteiger partial charge is 0.343 e. The van der Waals surface area contributed by atoms with E-state index in [2.05, 4.69) is 4.74 Å². The maximum atomic E-state index is 11.2. The molecular weight excluding hydrogens is 408 g/mol. The zero-order chi connectivity index (χ0) is 22.4. The van der Waals surface area contributed by atoms with Gasteiger partial charge >= 0.3 is 5.97 Å². The molecule has 1 fully saturated rings. The third kappa shape index (κ3) is 5.72. The summed E-state index contributed by atoms with van der Waals surface area (Å²) in [6.07, 6.45) is -6.27. The Morgan fingerprint density at radius 2 is 1.71 bits per heavy atom. The molecule has 0 spiro atoms. The first kappa shape index (κ1) is 23.0. The van der Waals surface area contributed by atoms with Crippen LogP contribution in [0.4, 0.5) is 0 Å². The Balaban J connectivity index is 1.68. The number of ether oxygens (including phenoxy) is 4. The van der Waals surface area contributed by atoms with Gasteiger partial charge in [0.2, 0.25) is 6.29 Å². The minimum Gasteiger partial charge on any atom is -0.482 e. The minimum absolute atomic E-state index is 0.175. The van der Waals surface area contributed by atoms with E-state index in [1.807, 2.05) is 24.3 Å². The molecule has 2 aromatic rings. The molecule has 2 aromatic carbocycles. The lowest BCUT2D eigenvalue weighted by molar-refractivity contribution is -0.277. The maximum Gasteiger partial charge on any atom is 0.343 e. The van der Waals surface area contributed by atoms with Crippen LogP contribution in [0, 0.1) is 0 Å². The first-order valence-corrected chi connectivity index (χ1v) is 9.76. The number of carbonyl (C=O) groups is 1. The van der Waals surface area contributed by atoms with Crippen molar-refractivity contribution in [2.24, 2.45) is 0 Å². The van der Waals surface area contributed by atoms with E-state index in [0.717, 1.165) is 11.1 Å². The van der Waals surface area contributed by atoms with E-state index in [0.29, 0.717) is 17.9 Å². The number of esters is 1. The summed E-state index contributed by atoms with van der Waals surface area (Å²) in [6, 6.07) is 14.3. The molecule has 3 rings (SSSR count). The number of aliphatic hydroxyl groups is 4. The van der Waals surface area contributed by atoms with Gasteiger partial charge in [-0.25, -0.2) is 4.79 Å². The Bertz CT molecular complexity index is 852. The number of carbonyl (C=O) groups excluding carboxylic acids is 1. The lowest BCUT2D eigenvalue weighted by atomic mass is 9.99. The zero-order valence-electron chi connectivity index (χ0n) is 17.0. The van der Waals surface area contributed by atoms with E-state index in [4.69, 9.17) is 14.2 Å². The van der Waals surface area contributed by atoms with Crippen LogP contribution in [0.5, 0.6) is 11.5 Å². The molecule has 9 nitrogen and oxygen atoms in total. The first-order valence-electron chi connectivity index (χ1n) is 9.76. The van der Waals surface area contributed by atoms with Crippen LogP contribution >= 0.6 is 0 Å². The van der Waals surface area contributed by atoms with Crippen LogP contribution in [-0.4, -0.2) is 77.4 Å². The van der Waals surface area contributed by atoms with Gasteiger partial charge in [0.1, 0.15) is 35.9 Å². The SMILES string of the molecule is COC(=O)COc1ccc(Cc2ccccc2O[C@@H]2O[C@H](CO)[C@@H](O)[C@H](O)[C@H]2O)cc1. The summed E-state index contributed by atoms with van der Waals surface area (Å²) in [5.74, 6) is 0.487. The van der Waals surface area contributed by atoms with Gasteiger partial charge in [-0.3, -0.25) is 0 Å². The molecule has 0 bridgehead atoms. The molecule has 4 N–H and O–H groups in total. The Kier molecular flexibility index (Phi) is 7.83. The number of rotatable bonds is 8.